The van der Waals surface area contributed by atoms with Crippen molar-refractivity contribution in [3.63, 3.8) is 0 Å². The maximum absolute atomic E-state index is 5.99. The van der Waals surface area contributed by atoms with Gasteiger partial charge >= 0.3 is 0 Å². The zero-order valence-electron chi connectivity index (χ0n) is 13.4. The Morgan fingerprint density at radius 3 is 2.95 bits per heavy atom. The summed E-state index contributed by atoms with van der Waals surface area (Å²) in [6.07, 6.45) is 4.46. The molecule has 2 aliphatic heterocycles. The Balaban J connectivity index is 1.59. The molecule has 21 heavy (non-hydrogen) atoms. The molecule has 0 aromatic carbocycles. The largest absolute Gasteiger partial charge is 0.374 e. The Labute approximate surface area is 127 Å². The smallest absolute Gasteiger partial charge is 0.0870 e. The van der Waals surface area contributed by atoms with Crippen molar-refractivity contribution < 1.29 is 4.74 Å². The first-order chi connectivity index (χ1) is 10.1. The normalized spacial score (nSPS) is 27.4. The van der Waals surface area contributed by atoms with Crippen LogP contribution < -0.4 is 0 Å². The van der Waals surface area contributed by atoms with E-state index in [4.69, 9.17) is 4.74 Å². The van der Waals surface area contributed by atoms with Gasteiger partial charge in [0.25, 0.3) is 0 Å². The number of rotatable bonds is 5. The van der Waals surface area contributed by atoms with E-state index < -0.39 is 0 Å². The monoisotopic (exact) mass is 293 g/mol. The van der Waals surface area contributed by atoms with Gasteiger partial charge in [0.15, 0.2) is 0 Å². The second-order valence-electron chi connectivity index (χ2n) is 6.53. The molecule has 0 amide bonds. The molecule has 0 aliphatic carbocycles. The fourth-order valence-electron chi connectivity index (χ4n) is 3.34. The zero-order chi connectivity index (χ0) is 14.8. The fraction of sp³-hybridized carbons (Fsp3) is 0.800. The lowest BCUT2D eigenvalue weighted by Crippen LogP contribution is -2.50. The SMILES string of the molecule is CN(C)CCN1C[C@@H]2OCCN(Cc3cnn(C)c3)[C@@H]2C1. The van der Waals surface area contributed by atoms with E-state index in [1.165, 1.54) is 5.56 Å². The molecule has 0 unspecified atom stereocenters. The molecule has 3 rings (SSSR count). The van der Waals surface area contributed by atoms with Gasteiger partial charge in [-0.3, -0.25) is 14.5 Å². The second-order valence-corrected chi connectivity index (χ2v) is 6.53. The van der Waals surface area contributed by atoms with E-state index >= 15 is 0 Å². The minimum absolute atomic E-state index is 0.373. The first kappa shape index (κ1) is 15.0. The number of ether oxygens (including phenoxy) is 1. The van der Waals surface area contributed by atoms with Gasteiger partial charge in [-0.05, 0) is 14.1 Å². The molecular weight excluding hydrogens is 266 g/mol. The van der Waals surface area contributed by atoms with E-state index in [-0.39, 0.29) is 0 Å². The molecule has 1 aromatic heterocycles. The van der Waals surface area contributed by atoms with E-state index in [2.05, 4.69) is 40.1 Å². The Morgan fingerprint density at radius 2 is 2.24 bits per heavy atom. The Kier molecular flexibility index (Phi) is 4.59. The average molecular weight is 293 g/mol. The summed E-state index contributed by atoms with van der Waals surface area (Å²) >= 11 is 0. The van der Waals surface area contributed by atoms with Gasteiger partial charge in [0, 0.05) is 58.1 Å². The van der Waals surface area contributed by atoms with Crippen LogP contribution in [0.4, 0.5) is 0 Å². The van der Waals surface area contributed by atoms with Crippen molar-refractivity contribution in [3.05, 3.63) is 18.0 Å². The molecule has 118 valence electrons. The molecule has 2 fully saturated rings. The van der Waals surface area contributed by atoms with Crippen LogP contribution >= 0.6 is 0 Å². The van der Waals surface area contributed by atoms with Gasteiger partial charge in [-0.15, -0.1) is 0 Å². The number of likely N-dealkylation sites (tertiary alicyclic amines) is 1. The summed E-state index contributed by atoms with van der Waals surface area (Å²) in [5, 5.41) is 4.27. The zero-order valence-corrected chi connectivity index (χ0v) is 13.4. The van der Waals surface area contributed by atoms with Gasteiger partial charge in [0.1, 0.15) is 0 Å². The maximum atomic E-state index is 5.99. The molecular formula is C15H27N5O. The molecule has 6 heteroatoms. The maximum Gasteiger partial charge on any atom is 0.0870 e. The number of fused-ring (bicyclic) bond motifs is 1. The summed E-state index contributed by atoms with van der Waals surface area (Å²) < 4.78 is 7.87. The predicted molar refractivity (Wildman–Crippen MR) is 82.1 cm³/mol. The lowest BCUT2D eigenvalue weighted by Gasteiger charge is -2.36. The highest BCUT2D eigenvalue weighted by Gasteiger charge is 2.39. The minimum Gasteiger partial charge on any atom is -0.374 e. The minimum atomic E-state index is 0.373. The number of likely N-dealkylation sites (N-methyl/N-ethyl adjacent to an activating group) is 1. The van der Waals surface area contributed by atoms with Crippen LogP contribution in [0, 0.1) is 0 Å². The summed E-state index contributed by atoms with van der Waals surface area (Å²) in [5.74, 6) is 0. The van der Waals surface area contributed by atoms with E-state index in [9.17, 15) is 0 Å². The third-order valence-corrected chi connectivity index (χ3v) is 4.50. The van der Waals surface area contributed by atoms with Crippen molar-refractivity contribution in [2.24, 2.45) is 7.05 Å². The standard InChI is InChI=1S/C15H27N5O/c1-17(2)4-5-19-11-14-15(12-19)21-7-6-20(14)10-13-8-16-18(3)9-13/h8-9,14-15H,4-7,10-12H2,1-3H3/t14-,15+/m1/s1. The molecule has 1 aromatic rings. The van der Waals surface area contributed by atoms with Crippen LogP contribution in [-0.4, -0.2) is 90.1 Å². The van der Waals surface area contributed by atoms with E-state index in [0.29, 0.717) is 12.1 Å². The molecule has 0 saturated carbocycles. The lowest BCUT2D eigenvalue weighted by atomic mass is 10.1. The Bertz CT molecular complexity index is 461. The highest BCUT2D eigenvalue weighted by Crippen LogP contribution is 2.24. The summed E-state index contributed by atoms with van der Waals surface area (Å²) in [6, 6.07) is 0.529. The van der Waals surface area contributed by atoms with Crippen molar-refractivity contribution in [1.29, 1.82) is 0 Å². The van der Waals surface area contributed by atoms with Crippen LogP contribution in [0.5, 0.6) is 0 Å². The Morgan fingerprint density at radius 1 is 1.38 bits per heavy atom. The average Bonchev–Trinajstić information content (AvgIpc) is 3.03. The van der Waals surface area contributed by atoms with E-state index in [1.807, 2.05) is 17.9 Å². The number of hydrogen-bond acceptors (Lipinski definition) is 5. The van der Waals surface area contributed by atoms with Crippen molar-refractivity contribution >= 4 is 0 Å². The molecule has 2 aliphatic rings. The molecule has 0 bridgehead atoms. The molecule has 2 saturated heterocycles. The third kappa shape index (κ3) is 3.63. The highest BCUT2D eigenvalue weighted by molar-refractivity contribution is 5.05. The number of aromatic nitrogens is 2. The van der Waals surface area contributed by atoms with Crippen molar-refractivity contribution in [2.75, 3.05) is 53.4 Å². The van der Waals surface area contributed by atoms with Gasteiger partial charge in [-0.25, -0.2) is 0 Å². The Hall–Kier alpha value is -0.950. The number of aryl methyl sites for hydroxylation is 1. The van der Waals surface area contributed by atoms with Crippen LogP contribution in [-0.2, 0) is 18.3 Å². The van der Waals surface area contributed by atoms with Gasteiger partial charge in [0.2, 0.25) is 0 Å². The summed E-state index contributed by atoms with van der Waals surface area (Å²) in [5.41, 5.74) is 1.30. The molecule has 3 heterocycles. The van der Waals surface area contributed by atoms with E-state index in [1.54, 1.807) is 0 Å². The first-order valence-electron chi connectivity index (χ1n) is 7.82. The quantitative estimate of drug-likeness (QED) is 0.756. The summed E-state index contributed by atoms with van der Waals surface area (Å²) in [6.45, 7) is 7.30. The first-order valence-corrected chi connectivity index (χ1v) is 7.82. The van der Waals surface area contributed by atoms with Gasteiger partial charge in [-0.1, -0.05) is 0 Å². The molecule has 0 spiro atoms. The molecule has 0 N–H and O–H groups in total. The molecule has 0 radical (unpaired) electrons. The van der Waals surface area contributed by atoms with Crippen LogP contribution in [0.15, 0.2) is 12.4 Å². The number of morpholine rings is 1. The summed E-state index contributed by atoms with van der Waals surface area (Å²) in [4.78, 5) is 7.36. The van der Waals surface area contributed by atoms with E-state index in [0.717, 1.165) is 45.9 Å². The van der Waals surface area contributed by atoms with Crippen LogP contribution in [0.25, 0.3) is 0 Å². The summed E-state index contributed by atoms with van der Waals surface area (Å²) in [7, 11) is 6.24. The highest BCUT2D eigenvalue weighted by atomic mass is 16.5. The van der Waals surface area contributed by atoms with Crippen molar-refractivity contribution in [1.82, 2.24) is 24.5 Å². The number of nitrogens with zero attached hydrogens (tertiary/aromatic N) is 5. The molecule has 6 nitrogen and oxygen atoms in total. The van der Waals surface area contributed by atoms with Crippen molar-refractivity contribution in [2.45, 2.75) is 18.7 Å². The van der Waals surface area contributed by atoms with Crippen LogP contribution in [0.1, 0.15) is 5.56 Å². The van der Waals surface area contributed by atoms with Gasteiger partial charge in [0.05, 0.1) is 24.9 Å². The van der Waals surface area contributed by atoms with Crippen LogP contribution in [0.3, 0.4) is 0 Å². The fourth-order valence-corrected chi connectivity index (χ4v) is 3.34. The van der Waals surface area contributed by atoms with Gasteiger partial charge < -0.3 is 9.64 Å². The van der Waals surface area contributed by atoms with Crippen LogP contribution in [0.2, 0.25) is 0 Å². The predicted octanol–water partition coefficient (Wildman–Crippen LogP) is -0.133. The third-order valence-electron chi connectivity index (χ3n) is 4.50. The van der Waals surface area contributed by atoms with Gasteiger partial charge in [-0.2, -0.15) is 5.10 Å². The number of hydrogen-bond donors (Lipinski definition) is 0. The molecule has 2 atom stereocenters. The lowest BCUT2D eigenvalue weighted by molar-refractivity contribution is -0.0504. The van der Waals surface area contributed by atoms with Crippen molar-refractivity contribution in [3.8, 4) is 0 Å². The second kappa shape index (κ2) is 6.44. The topological polar surface area (TPSA) is 36.8 Å².